The molecular formula is C22H24N6O2. The molecule has 2 heterocycles. The van der Waals surface area contributed by atoms with Crippen LogP contribution in [0.4, 0.5) is 10.6 Å². The van der Waals surface area contributed by atoms with Gasteiger partial charge in [0.1, 0.15) is 5.69 Å². The standard InChI is InChI=1S/C22H24N6O2/c1-15(30-14-17-3-4-17)13-25-22(29)26-21-12-18(28(2)27-21)7-5-16-6-8-19-20(11-16)24-10-9-23-19/h6,8-12,15,17H,3-4,13-14H2,1-2H3,(H2,25,26,27,29). The van der Waals surface area contributed by atoms with E-state index in [1.165, 1.54) is 12.8 Å². The van der Waals surface area contributed by atoms with Gasteiger partial charge < -0.3 is 10.1 Å². The molecule has 8 heteroatoms. The van der Waals surface area contributed by atoms with E-state index in [4.69, 9.17) is 4.74 Å². The Morgan fingerprint density at radius 2 is 2.03 bits per heavy atom. The molecule has 1 saturated carbocycles. The number of benzene rings is 1. The van der Waals surface area contributed by atoms with Gasteiger partial charge in [-0.15, -0.1) is 0 Å². The van der Waals surface area contributed by atoms with Gasteiger partial charge in [-0.2, -0.15) is 5.10 Å². The number of carbonyl (C=O) groups excluding carboxylic acids is 1. The fourth-order valence-corrected chi connectivity index (χ4v) is 2.86. The maximum Gasteiger partial charge on any atom is 0.320 e. The van der Waals surface area contributed by atoms with Gasteiger partial charge in [-0.05, 0) is 49.8 Å². The number of urea groups is 1. The molecule has 1 fully saturated rings. The first-order valence-corrected chi connectivity index (χ1v) is 10.00. The molecule has 2 amide bonds. The molecule has 3 aromatic rings. The molecule has 1 aromatic carbocycles. The van der Waals surface area contributed by atoms with Crippen LogP contribution in [0.3, 0.4) is 0 Å². The fourth-order valence-electron chi connectivity index (χ4n) is 2.86. The van der Waals surface area contributed by atoms with E-state index < -0.39 is 0 Å². The summed E-state index contributed by atoms with van der Waals surface area (Å²) in [5.74, 6) is 7.33. The summed E-state index contributed by atoms with van der Waals surface area (Å²) in [6.07, 6.45) is 5.80. The molecule has 8 nitrogen and oxygen atoms in total. The molecule has 1 aliphatic rings. The van der Waals surface area contributed by atoms with E-state index in [-0.39, 0.29) is 12.1 Å². The second kappa shape index (κ2) is 8.93. The first-order valence-electron chi connectivity index (χ1n) is 10.00. The lowest BCUT2D eigenvalue weighted by Gasteiger charge is -2.13. The van der Waals surface area contributed by atoms with E-state index in [2.05, 4.69) is 37.5 Å². The molecule has 30 heavy (non-hydrogen) atoms. The van der Waals surface area contributed by atoms with Crippen molar-refractivity contribution in [3.05, 3.63) is 47.9 Å². The highest BCUT2D eigenvalue weighted by atomic mass is 16.5. The highest BCUT2D eigenvalue weighted by molar-refractivity contribution is 5.88. The number of aryl methyl sites for hydroxylation is 1. The minimum absolute atomic E-state index is 0.0202. The number of ether oxygens (including phenoxy) is 1. The molecule has 2 aromatic heterocycles. The molecule has 4 rings (SSSR count). The summed E-state index contributed by atoms with van der Waals surface area (Å²) < 4.78 is 7.33. The number of amides is 2. The van der Waals surface area contributed by atoms with Crippen LogP contribution >= 0.6 is 0 Å². The van der Waals surface area contributed by atoms with Gasteiger partial charge in [-0.1, -0.05) is 5.92 Å². The monoisotopic (exact) mass is 404 g/mol. The minimum atomic E-state index is -0.317. The molecule has 0 radical (unpaired) electrons. The Labute approximate surface area is 175 Å². The average Bonchev–Trinajstić information content (AvgIpc) is 3.51. The SMILES string of the molecule is CC(CNC(=O)Nc1cc(C#Cc2ccc3nccnc3c2)n(C)n1)OCC1CC1. The van der Waals surface area contributed by atoms with Crippen LogP contribution in [0.25, 0.3) is 11.0 Å². The van der Waals surface area contributed by atoms with E-state index in [9.17, 15) is 4.79 Å². The molecule has 2 N–H and O–H groups in total. The Bertz CT molecular complexity index is 1110. The van der Waals surface area contributed by atoms with Crippen molar-refractivity contribution in [2.24, 2.45) is 13.0 Å². The van der Waals surface area contributed by atoms with Gasteiger partial charge >= 0.3 is 6.03 Å². The maximum atomic E-state index is 12.1. The van der Waals surface area contributed by atoms with Gasteiger partial charge in [0.25, 0.3) is 0 Å². The Hall–Kier alpha value is -3.44. The predicted octanol–water partition coefficient (Wildman–Crippen LogP) is 2.70. The summed E-state index contributed by atoms with van der Waals surface area (Å²) >= 11 is 0. The van der Waals surface area contributed by atoms with E-state index in [0.717, 1.165) is 23.2 Å². The normalized spacial score (nSPS) is 14.1. The summed E-state index contributed by atoms with van der Waals surface area (Å²) in [6.45, 7) is 3.18. The number of hydrogen-bond acceptors (Lipinski definition) is 5. The van der Waals surface area contributed by atoms with Gasteiger partial charge in [-0.25, -0.2) is 4.79 Å². The summed E-state index contributed by atoms with van der Waals surface area (Å²) in [5, 5.41) is 9.84. The number of rotatable bonds is 6. The highest BCUT2D eigenvalue weighted by Crippen LogP contribution is 2.29. The fraction of sp³-hybridized carbons (Fsp3) is 0.364. The molecule has 0 bridgehead atoms. The Balaban J connectivity index is 1.33. The lowest BCUT2D eigenvalue weighted by molar-refractivity contribution is 0.0601. The summed E-state index contributed by atoms with van der Waals surface area (Å²) in [6, 6.07) is 7.11. The average molecular weight is 404 g/mol. The molecular weight excluding hydrogens is 380 g/mol. The topological polar surface area (TPSA) is 94.0 Å². The number of anilines is 1. The molecule has 0 spiro atoms. The van der Waals surface area contributed by atoms with Crippen LogP contribution in [-0.4, -0.2) is 45.0 Å². The molecule has 1 aliphatic carbocycles. The number of fused-ring (bicyclic) bond motifs is 1. The van der Waals surface area contributed by atoms with E-state index in [1.807, 2.05) is 25.1 Å². The lowest BCUT2D eigenvalue weighted by atomic mass is 10.2. The van der Waals surface area contributed by atoms with Gasteiger partial charge in [0.2, 0.25) is 0 Å². The van der Waals surface area contributed by atoms with Gasteiger partial charge in [0.15, 0.2) is 5.82 Å². The van der Waals surface area contributed by atoms with Crippen LogP contribution in [0, 0.1) is 17.8 Å². The van der Waals surface area contributed by atoms with Crippen molar-refractivity contribution in [3.8, 4) is 11.8 Å². The summed E-state index contributed by atoms with van der Waals surface area (Å²) in [7, 11) is 1.78. The highest BCUT2D eigenvalue weighted by Gasteiger charge is 2.22. The van der Waals surface area contributed by atoms with Crippen molar-refractivity contribution in [2.75, 3.05) is 18.5 Å². The van der Waals surface area contributed by atoms with Gasteiger partial charge in [0.05, 0.1) is 17.1 Å². The third-order valence-electron chi connectivity index (χ3n) is 4.79. The zero-order valence-electron chi connectivity index (χ0n) is 17.1. The van der Waals surface area contributed by atoms with Gasteiger partial charge in [0, 0.05) is 44.2 Å². The second-order valence-electron chi connectivity index (χ2n) is 7.47. The zero-order chi connectivity index (χ0) is 20.9. The Kier molecular flexibility index (Phi) is 5.91. The molecule has 0 aliphatic heterocycles. The van der Waals surface area contributed by atoms with Crippen molar-refractivity contribution >= 4 is 22.9 Å². The largest absolute Gasteiger partial charge is 0.376 e. The van der Waals surface area contributed by atoms with Crippen molar-refractivity contribution in [1.29, 1.82) is 0 Å². The first kappa shape index (κ1) is 19.9. The van der Waals surface area contributed by atoms with E-state index in [0.29, 0.717) is 24.0 Å². The van der Waals surface area contributed by atoms with Crippen molar-refractivity contribution in [1.82, 2.24) is 25.1 Å². The third kappa shape index (κ3) is 5.33. The van der Waals surface area contributed by atoms with Crippen LogP contribution < -0.4 is 10.6 Å². The smallest absolute Gasteiger partial charge is 0.320 e. The first-order chi connectivity index (χ1) is 14.6. The zero-order valence-corrected chi connectivity index (χ0v) is 17.1. The number of nitrogens with zero attached hydrogens (tertiary/aromatic N) is 4. The summed E-state index contributed by atoms with van der Waals surface area (Å²) in [5.41, 5.74) is 3.14. The number of carbonyl (C=O) groups is 1. The predicted molar refractivity (Wildman–Crippen MR) is 114 cm³/mol. The molecule has 1 atom stereocenters. The number of aromatic nitrogens is 4. The van der Waals surface area contributed by atoms with E-state index in [1.54, 1.807) is 30.2 Å². The summed E-state index contributed by atoms with van der Waals surface area (Å²) in [4.78, 5) is 20.7. The Morgan fingerprint density at radius 1 is 1.23 bits per heavy atom. The van der Waals surface area contributed by atoms with Crippen LogP contribution in [0.5, 0.6) is 0 Å². The van der Waals surface area contributed by atoms with Crippen molar-refractivity contribution in [2.45, 2.75) is 25.9 Å². The van der Waals surface area contributed by atoms with E-state index >= 15 is 0 Å². The van der Waals surface area contributed by atoms with Crippen molar-refractivity contribution in [3.63, 3.8) is 0 Å². The van der Waals surface area contributed by atoms with Gasteiger partial charge in [-0.3, -0.25) is 20.0 Å². The minimum Gasteiger partial charge on any atom is -0.376 e. The number of nitrogens with one attached hydrogen (secondary N) is 2. The molecule has 154 valence electrons. The van der Waals surface area contributed by atoms with Crippen molar-refractivity contribution < 1.29 is 9.53 Å². The second-order valence-corrected chi connectivity index (χ2v) is 7.47. The Morgan fingerprint density at radius 3 is 2.83 bits per heavy atom. The quantitative estimate of drug-likeness (QED) is 0.616. The van der Waals surface area contributed by atoms with Crippen LogP contribution in [-0.2, 0) is 11.8 Å². The molecule has 1 unspecified atom stereocenters. The van der Waals surface area contributed by atoms with Crippen LogP contribution in [0.15, 0.2) is 36.7 Å². The van der Waals surface area contributed by atoms with Crippen LogP contribution in [0.2, 0.25) is 0 Å². The third-order valence-corrected chi connectivity index (χ3v) is 4.79. The van der Waals surface area contributed by atoms with Crippen LogP contribution in [0.1, 0.15) is 31.0 Å². The molecule has 0 saturated heterocycles. The lowest BCUT2D eigenvalue weighted by Crippen LogP contribution is -2.35. The number of hydrogen-bond donors (Lipinski definition) is 2. The maximum absolute atomic E-state index is 12.1.